The lowest BCUT2D eigenvalue weighted by molar-refractivity contribution is -0.359. The average Bonchev–Trinajstić information content (AvgIpc) is 3.15. The Bertz CT molecular complexity index is 915. The van der Waals surface area contributed by atoms with E-state index < -0.39 is 86.8 Å². The average molecular weight is 766 g/mol. The summed E-state index contributed by atoms with van der Waals surface area (Å²) >= 11 is 0. The van der Waals surface area contributed by atoms with Crippen molar-refractivity contribution in [2.75, 3.05) is 19.8 Å². The van der Waals surface area contributed by atoms with Crippen molar-refractivity contribution in [1.29, 1.82) is 0 Å². The highest BCUT2D eigenvalue weighted by molar-refractivity contribution is 5.76. The van der Waals surface area contributed by atoms with Gasteiger partial charge in [-0.2, -0.15) is 0 Å². The zero-order valence-electron chi connectivity index (χ0n) is 32.5. The van der Waals surface area contributed by atoms with Gasteiger partial charge in [-0.25, -0.2) is 0 Å². The molecule has 0 bridgehead atoms. The van der Waals surface area contributed by atoms with E-state index in [-0.39, 0.29) is 12.5 Å². The van der Waals surface area contributed by atoms with E-state index in [2.05, 4.69) is 19.2 Å². The molecule has 0 saturated carbocycles. The van der Waals surface area contributed by atoms with Crippen molar-refractivity contribution in [3.8, 4) is 0 Å². The number of unbranched alkanes of at least 4 members (excludes halogenated alkanes) is 17. The minimum atomic E-state index is -1.78. The first-order valence-electron chi connectivity index (χ1n) is 20.8. The molecule has 0 aliphatic carbocycles. The maximum absolute atomic E-state index is 13.0. The Morgan fingerprint density at radius 2 is 1.08 bits per heavy atom. The highest BCUT2D eigenvalue weighted by Gasteiger charge is 2.50. The number of amides is 1. The lowest BCUT2D eigenvalue weighted by atomic mass is 9.97. The summed E-state index contributed by atoms with van der Waals surface area (Å²) < 4.78 is 22.6. The van der Waals surface area contributed by atoms with Crippen LogP contribution in [0.4, 0.5) is 0 Å². The summed E-state index contributed by atoms with van der Waals surface area (Å²) in [5.74, 6) is -0.214. The van der Waals surface area contributed by atoms with Crippen LogP contribution in [-0.4, -0.2) is 140 Å². The summed E-state index contributed by atoms with van der Waals surface area (Å²) in [6, 6.07) is -0.816. The highest BCUT2D eigenvalue weighted by Crippen LogP contribution is 2.30. The molecule has 9 N–H and O–H groups in total. The van der Waals surface area contributed by atoms with Gasteiger partial charge in [-0.3, -0.25) is 4.79 Å². The van der Waals surface area contributed by atoms with E-state index in [0.717, 1.165) is 51.4 Å². The molecule has 2 fully saturated rings. The topological polar surface area (TPSA) is 228 Å². The van der Waals surface area contributed by atoms with Crippen molar-refractivity contribution in [1.82, 2.24) is 5.32 Å². The van der Waals surface area contributed by atoms with E-state index in [0.29, 0.717) is 12.8 Å². The fourth-order valence-electron chi connectivity index (χ4n) is 7.06. The van der Waals surface area contributed by atoms with Crippen LogP contribution in [0.15, 0.2) is 0 Å². The van der Waals surface area contributed by atoms with E-state index >= 15 is 0 Å². The van der Waals surface area contributed by atoms with Crippen LogP contribution in [0.5, 0.6) is 0 Å². The molecule has 2 rings (SSSR count). The molecule has 2 heterocycles. The van der Waals surface area contributed by atoms with Gasteiger partial charge in [-0.05, 0) is 12.8 Å². The molecule has 1 amide bonds. The highest BCUT2D eigenvalue weighted by atomic mass is 16.7. The molecule has 0 aromatic heterocycles. The van der Waals surface area contributed by atoms with E-state index in [1.165, 1.54) is 70.6 Å². The van der Waals surface area contributed by atoms with Gasteiger partial charge in [0.25, 0.3) is 0 Å². The minimum absolute atomic E-state index is 0.214. The summed E-state index contributed by atoms with van der Waals surface area (Å²) in [4.78, 5) is 13.0. The fourth-order valence-corrected chi connectivity index (χ4v) is 7.06. The summed E-state index contributed by atoms with van der Waals surface area (Å²) in [7, 11) is 0. The summed E-state index contributed by atoms with van der Waals surface area (Å²) in [6.07, 6.45) is 5.69. The van der Waals surface area contributed by atoms with Crippen LogP contribution in [0.2, 0.25) is 0 Å². The normalized spacial score (nSPS) is 30.3. The van der Waals surface area contributed by atoms with Gasteiger partial charge in [-0.15, -0.1) is 0 Å². The molecule has 12 unspecified atom stereocenters. The Balaban J connectivity index is 1.93. The smallest absolute Gasteiger partial charge is 0.220 e. The Morgan fingerprint density at radius 1 is 0.604 bits per heavy atom. The van der Waals surface area contributed by atoms with Crippen molar-refractivity contribution >= 4 is 5.91 Å². The molecular weight excluding hydrogens is 690 g/mol. The molecule has 0 aromatic carbocycles. The molecule has 0 radical (unpaired) electrons. The molecule has 2 aliphatic rings. The quantitative estimate of drug-likeness (QED) is 0.0480. The van der Waals surface area contributed by atoms with Crippen molar-refractivity contribution in [3.63, 3.8) is 0 Å². The van der Waals surface area contributed by atoms with Gasteiger partial charge in [0.1, 0.15) is 48.8 Å². The number of ether oxygens (including phenoxy) is 4. The Hall–Kier alpha value is -1.01. The molecule has 14 heteroatoms. The number of aliphatic hydroxyl groups is 8. The Morgan fingerprint density at radius 3 is 1.60 bits per heavy atom. The zero-order chi connectivity index (χ0) is 39.0. The van der Waals surface area contributed by atoms with Crippen LogP contribution in [0.1, 0.15) is 149 Å². The van der Waals surface area contributed by atoms with Crippen LogP contribution >= 0.6 is 0 Å². The Kier molecular flexibility index (Phi) is 25.8. The SMILES string of the molecule is CCCCCCCCCCCCCC(O)C(COC1OC(CO)C(OC2OC(CO)C(O)C(O)C2O)C(O)C1O)NC(=O)CCCCCCCCCC. The van der Waals surface area contributed by atoms with Crippen LogP contribution in [0.25, 0.3) is 0 Å². The molecule has 0 aromatic rings. The summed E-state index contributed by atoms with van der Waals surface area (Å²) in [6.45, 7) is 2.77. The lowest BCUT2D eigenvalue weighted by Gasteiger charge is -2.46. The molecule has 2 saturated heterocycles. The summed E-state index contributed by atoms with van der Waals surface area (Å²) in [5, 5.41) is 86.2. The number of carbonyl (C=O) groups is 1. The standard InChI is InChI=1S/C39H75NO13/c1-3-5-7-9-11-13-14-15-16-18-20-22-28(43)27(40-31(44)23-21-19-17-12-10-8-6-4-2)26-50-38-36(49)34(47)37(30(25-42)52-38)53-39-35(48)33(46)32(45)29(24-41)51-39/h27-30,32-39,41-43,45-49H,3-26H2,1-2H3,(H,40,44). The minimum Gasteiger partial charge on any atom is -0.394 e. The van der Waals surface area contributed by atoms with Gasteiger partial charge >= 0.3 is 0 Å². The van der Waals surface area contributed by atoms with Crippen LogP contribution < -0.4 is 5.32 Å². The lowest BCUT2D eigenvalue weighted by Crippen LogP contribution is -2.65. The fraction of sp³-hybridized carbons (Fsp3) is 0.974. The summed E-state index contributed by atoms with van der Waals surface area (Å²) in [5.41, 5.74) is 0. The first-order chi connectivity index (χ1) is 25.6. The van der Waals surface area contributed by atoms with E-state index in [9.17, 15) is 45.6 Å². The van der Waals surface area contributed by atoms with Gasteiger partial charge in [0.15, 0.2) is 12.6 Å². The third-order valence-electron chi connectivity index (χ3n) is 10.6. The molecule has 0 spiro atoms. The van der Waals surface area contributed by atoms with Crippen molar-refractivity contribution in [3.05, 3.63) is 0 Å². The molecule has 53 heavy (non-hydrogen) atoms. The van der Waals surface area contributed by atoms with E-state index in [1.807, 2.05) is 0 Å². The second-order valence-corrected chi connectivity index (χ2v) is 15.1. The largest absolute Gasteiger partial charge is 0.394 e. The second kappa shape index (κ2) is 28.4. The number of aliphatic hydroxyl groups excluding tert-OH is 8. The third-order valence-corrected chi connectivity index (χ3v) is 10.6. The predicted octanol–water partition coefficient (Wildman–Crippen LogP) is 2.70. The van der Waals surface area contributed by atoms with Crippen molar-refractivity contribution in [2.45, 2.75) is 222 Å². The van der Waals surface area contributed by atoms with Gasteiger partial charge in [0.05, 0.1) is 32.0 Å². The van der Waals surface area contributed by atoms with E-state index in [1.54, 1.807) is 0 Å². The van der Waals surface area contributed by atoms with Gasteiger partial charge in [0.2, 0.25) is 5.91 Å². The maximum atomic E-state index is 13.0. The van der Waals surface area contributed by atoms with Gasteiger partial charge < -0.3 is 65.1 Å². The number of nitrogens with one attached hydrogen (secondary N) is 1. The van der Waals surface area contributed by atoms with Gasteiger partial charge in [-0.1, -0.05) is 129 Å². The number of hydrogen-bond donors (Lipinski definition) is 9. The number of rotatable bonds is 30. The van der Waals surface area contributed by atoms with Crippen LogP contribution in [-0.2, 0) is 23.7 Å². The van der Waals surface area contributed by atoms with Crippen molar-refractivity contribution < 1.29 is 64.6 Å². The zero-order valence-corrected chi connectivity index (χ0v) is 32.5. The molecule has 314 valence electrons. The maximum Gasteiger partial charge on any atom is 0.220 e. The van der Waals surface area contributed by atoms with E-state index in [4.69, 9.17) is 18.9 Å². The Labute approximate surface area is 317 Å². The predicted molar refractivity (Wildman–Crippen MR) is 199 cm³/mol. The molecule has 14 nitrogen and oxygen atoms in total. The molecule has 12 atom stereocenters. The monoisotopic (exact) mass is 766 g/mol. The van der Waals surface area contributed by atoms with Crippen LogP contribution in [0.3, 0.4) is 0 Å². The second-order valence-electron chi connectivity index (χ2n) is 15.1. The third kappa shape index (κ3) is 17.8. The van der Waals surface area contributed by atoms with Gasteiger partial charge in [0, 0.05) is 6.42 Å². The number of carbonyl (C=O) groups excluding carboxylic acids is 1. The molecule has 2 aliphatic heterocycles. The molecular formula is C39H75NO13. The van der Waals surface area contributed by atoms with Crippen LogP contribution in [0, 0.1) is 0 Å². The number of hydrogen-bond acceptors (Lipinski definition) is 13. The van der Waals surface area contributed by atoms with Crippen molar-refractivity contribution in [2.24, 2.45) is 0 Å². The first-order valence-corrected chi connectivity index (χ1v) is 20.8. The first kappa shape index (κ1) is 48.1.